The summed E-state index contributed by atoms with van der Waals surface area (Å²) in [5.41, 5.74) is 0.530. The first-order valence-corrected chi connectivity index (χ1v) is 7.64. The Morgan fingerprint density at radius 2 is 1.89 bits per heavy atom. The average molecular weight is 286 g/mol. The van der Waals surface area contributed by atoms with Crippen molar-refractivity contribution < 1.29 is 22.9 Å². The minimum atomic E-state index is -4.37. The van der Waals surface area contributed by atoms with Crippen LogP contribution in [0, 0.1) is 0 Å². The first-order chi connectivity index (χ1) is 8.86. The molecular formula is C13H18O5S. The van der Waals surface area contributed by atoms with Gasteiger partial charge in [0.1, 0.15) is 0 Å². The molecule has 2 N–H and O–H groups in total. The molecule has 0 aliphatic heterocycles. The first-order valence-electron chi connectivity index (χ1n) is 6.20. The van der Waals surface area contributed by atoms with E-state index in [0.717, 1.165) is 31.7 Å². The molecule has 0 atom stereocenters. The number of hydrogen-bond donors (Lipinski definition) is 2. The van der Waals surface area contributed by atoms with Gasteiger partial charge in [-0.3, -0.25) is 4.55 Å². The fourth-order valence-electron chi connectivity index (χ4n) is 1.88. The fraction of sp³-hybridized carbons (Fsp3) is 0.462. The second-order valence-corrected chi connectivity index (χ2v) is 5.83. The van der Waals surface area contributed by atoms with E-state index in [1.165, 1.54) is 12.1 Å². The lowest BCUT2D eigenvalue weighted by molar-refractivity contribution is 0.0695. The molecule has 5 nitrogen and oxygen atoms in total. The molecule has 1 aromatic carbocycles. The Morgan fingerprint density at radius 1 is 1.21 bits per heavy atom. The van der Waals surface area contributed by atoms with Crippen LogP contribution in [0.4, 0.5) is 0 Å². The van der Waals surface area contributed by atoms with Gasteiger partial charge >= 0.3 is 5.97 Å². The zero-order valence-corrected chi connectivity index (χ0v) is 11.6. The molecule has 106 valence electrons. The van der Waals surface area contributed by atoms with Gasteiger partial charge in [-0.2, -0.15) is 8.42 Å². The summed E-state index contributed by atoms with van der Waals surface area (Å²) in [6.07, 6.45) is 4.64. The van der Waals surface area contributed by atoms with Crippen LogP contribution in [0.1, 0.15) is 48.5 Å². The van der Waals surface area contributed by atoms with E-state index in [9.17, 15) is 13.2 Å². The molecule has 0 spiro atoms. The minimum Gasteiger partial charge on any atom is -0.478 e. The Hall–Kier alpha value is -1.40. The monoisotopic (exact) mass is 286 g/mol. The molecule has 0 bridgehead atoms. The van der Waals surface area contributed by atoms with Crippen LogP contribution in [0.3, 0.4) is 0 Å². The van der Waals surface area contributed by atoms with E-state index in [1.807, 2.05) is 0 Å². The second kappa shape index (κ2) is 6.68. The van der Waals surface area contributed by atoms with E-state index in [0.29, 0.717) is 12.0 Å². The van der Waals surface area contributed by atoms with E-state index < -0.39 is 16.1 Å². The highest BCUT2D eigenvalue weighted by Gasteiger charge is 2.16. The summed E-state index contributed by atoms with van der Waals surface area (Å²) in [7, 11) is -4.37. The number of carboxylic acid groups (broad SMARTS) is 1. The average Bonchev–Trinajstić information content (AvgIpc) is 2.33. The molecular weight excluding hydrogens is 268 g/mol. The van der Waals surface area contributed by atoms with Crippen molar-refractivity contribution in [2.45, 2.75) is 43.9 Å². The molecule has 0 aliphatic rings. The summed E-state index contributed by atoms with van der Waals surface area (Å²) in [5, 5.41) is 9.08. The van der Waals surface area contributed by atoms with Gasteiger partial charge in [0.25, 0.3) is 10.1 Å². The summed E-state index contributed by atoms with van der Waals surface area (Å²) in [4.78, 5) is 10.7. The van der Waals surface area contributed by atoms with Gasteiger partial charge in [-0.15, -0.1) is 0 Å². The van der Waals surface area contributed by atoms with Crippen LogP contribution in [0.15, 0.2) is 23.1 Å². The number of carboxylic acids is 1. The smallest absolute Gasteiger partial charge is 0.336 e. The summed E-state index contributed by atoms with van der Waals surface area (Å²) in [6, 6.07) is 3.70. The molecule has 0 aromatic heterocycles. The minimum absolute atomic E-state index is 0.0633. The Labute approximate surface area is 113 Å². The zero-order chi connectivity index (χ0) is 14.5. The number of aryl methyl sites for hydroxylation is 1. The number of unbranched alkanes of at least 4 members (excludes halogenated alkanes) is 3. The van der Waals surface area contributed by atoms with Crippen molar-refractivity contribution in [3.05, 3.63) is 29.3 Å². The third-order valence-electron chi connectivity index (χ3n) is 2.91. The maximum atomic E-state index is 11.1. The van der Waals surface area contributed by atoms with Crippen molar-refractivity contribution >= 4 is 16.1 Å². The topological polar surface area (TPSA) is 91.7 Å². The van der Waals surface area contributed by atoms with Gasteiger partial charge in [-0.05, 0) is 30.5 Å². The first kappa shape index (κ1) is 15.7. The van der Waals surface area contributed by atoms with Crippen molar-refractivity contribution in [1.29, 1.82) is 0 Å². The van der Waals surface area contributed by atoms with Crippen molar-refractivity contribution in [3.8, 4) is 0 Å². The van der Waals surface area contributed by atoms with Crippen LogP contribution in [0.2, 0.25) is 0 Å². The van der Waals surface area contributed by atoms with Crippen molar-refractivity contribution in [2.75, 3.05) is 0 Å². The van der Waals surface area contributed by atoms with Gasteiger partial charge in [0.15, 0.2) is 0 Å². The Balaban J connectivity index is 2.96. The largest absolute Gasteiger partial charge is 0.478 e. The molecule has 0 unspecified atom stereocenters. The number of aromatic carboxylic acids is 1. The maximum Gasteiger partial charge on any atom is 0.336 e. The van der Waals surface area contributed by atoms with Gasteiger partial charge in [-0.1, -0.05) is 32.3 Å². The van der Waals surface area contributed by atoms with Crippen LogP contribution in [-0.2, 0) is 16.5 Å². The highest BCUT2D eigenvalue weighted by Crippen LogP contribution is 2.18. The Kier molecular flexibility index (Phi) is 5.50. The molecule has 6 heteroatoms. The SMILES string of the molecule is CCCCCCc1ccc(S(=O)(=O)O)cc1C(=O)O. The van der Waals surface area contributed by atoms with Gasteiger partial charge in [-0.25, -0.2) is 4.79 Å². The van der Waals surface area contributed by atoms with E-state index >= 15 is 0 Å². The third-order valence-corrected chi connectivity index (χ3v) is 3.76. The summed E-state index contributed by atoms with van der Waals surface area (Å²) < 4.78 is 30.9. The van der Waals surface area contributed by atoms with E-state index in [2.05, 4.69) is 6.92 Å². The zero-order valence-electron chi connectivity index (χ0n) is 10.8. The quantitative estimate of drug-likeness (QED) is 0.594. The Bertz CT molecular complexity index is 548. The molecule has 0 aliphatic carbocycles. The lowest BCUT2D eigenvalue weighted by atomic mass is 10.0. The van der Waals surface area contributed by atoms with E-state index in [4.69, 9.17) is 9.66 Å². The number of carbonyl (C=O) groups is 1. The van der Waals surface area contributed by atoms with Crippen LogP contribution < -0.4 is 0 Å². The number of hydrogen-bond acceptors (Lipinski definition) is 3. The highest BCUT2D eigenvalue weighted by atomic mass is 32.2. The van der Waals surface area contributed by atoms with Crippen LogP contribution >= 0.6 is 0 Å². The summed E-state index contributed by atoms with van der Waals surface area (Å²) in [6.45, 7) is 2.09. The molecule has 0 saturated heterocycles. The normalized spacial score (nSPS) is 11.5. The lowest BCUT2D eigenvalue weighted by Gasteiger charge is -2.07. The van der Waals surface area contributed by atoms with Crippen molar-refractivity contribution in [3.63, 3.8) is 0 Å². The van der Waals surface area contributed by atoms with E-state index in [1.54, 1.807) is 0 Å². The van der Waals surface area contributed by atoms with E-state index in [-0.39, 0.29) is 10.5 Å². The van der Waals surface area contributed by atoms with Gasteiger partial charge in [0, 0.05) is 0 Å². The number of benzene rings is 1. The van der Waals surface area contributed by atoms with Crippen LogP contribution in [-0.4, -0.2) is 24.0 Å². The molecule has 0 radical (unpaired) electrons. The molecule has 1 aromatic rings. The third kappa shape index (κ3) is 4.65. The van der Waals surface area contributed by atoms with Gasteiger partial charge < -0.3 is 5.11 Å². The molecule has 0 saturated carbocycles. The predicted molar refractivity (Wildman–Crippen MR) is 71.1 cm³/mol. The molecule has 0 amide bonds. The maximum absolute atomic E-state index is 11.1. The molecule has 19 heavy (non-hydrogen) atoms. The van der Waals surface area contributed by atoms with Crippen molar-refractivity contribution in [2.24, 2.45) is 0 Å². The second-order valence-electron chi connectivity index (χ2n) is 4.41. The molecule has 1 rings (SSSR count). The standard InChI is InChI=1S/C13H18O5S/c1-2-3-4-5-6-10-7-8-11(19(16,17)18)9-12(10)13(14)15/h7-9H,2-6H2,1H3,(H,14,15)(H,16,17,18). The van der Waals surface area contributed by atoms with Gasteiger partial charge in [0.2, 0.25) is 0 Å². The highest BCUT2D eigenvalue weighted by molar-refractivity contribution is 7.85. The summed E-state index contributed by atoms with van der Waals surface area (Å²) >= 11 is 0. The Morgan fingerprint density at radius 3 is 2.42 bits per heavy atom. The molecule has 0 heterocycles. The predicted octanol–water partition coefficient (Wildman–Crippen LogP) is 2.75. The fourth-order valence-corrected chi connectivity index (χ4v) is 2.38. The lowest BCUT2D eigenvalue weighted by Crippen LogP contribution is -2.06. The van der Waals surface area contributed by atoms with Gasteiger partial charge in [0.05, 0.1) is 10.5 Å². The van der Waals surface area contributed by atoms with Crippen LogP contribution in [0.5, 0.6) is 0 Å². The summed E-state index contributed by atoms with van der Waals surface area (Å²) in [5.74, 6) is -1.18. The van der Waals surface area contributed by atoms with Crippen molar-refractivity contribution in [1.82, 2.24) is 0 Å². The molecule has 0 fully saturated rings. The number of rotatable bonds is 7. The van der Waals surface area contributed by atoms with Crippen LogP contribution in [0.25, 0.3) is 0 Å².